The van der Waals surface area contributed by atoms with Crippen LogP contribution in [-0.2, 0) is 0 Å². The summed E-state index contributed by atoms with van der Waals surface area (Å²) in [5, 5.41) is 3.02. The number of nitrogens with one attached hydrogen (secondary N) is 2. The van der Waals surface area contributed by atoms with E-state index in [0.717, 1.165) is 0 Å². The number of carbonyl (C=O) groups excluding carboxylic acids is 1. The van der Waals surface area contributed by atoms with E-state index < -0.39 is 11.6 Å². The molecule has 0 saturated heterocycles. The minimum atomic E-state index is -0.497. The van der Waals surface area contributed by atoms with Crippen molar-refractivity contribution in [2.24, 2.45) is 0 Å². The fourth-order valence-electron chi connectivity index (χ4n) is 1.32. The van der Waals surface area contributed by atoms with Crippen molar-refractivity contribution in [2.75, 3.05) is 5.32 Å². The van der Waals surface area contributed by atoms with E-state index in [1.165, 1.54) is 12.4 Å². The van der Waals surface area contributed by atoms with Gasteiger partial charge in [0.15, 0.2) is 0 Å². The number of aromatic amines is 1. The lowest BCUT2D eigenvalue weighted by Gasteiger charge is -2.07. The zero-order valence-corrected chi connectivity index (χ0v) is 10.4. The Kier molecular flexibility index (Phi) is 3.64. The van der Waals surface area contributed by atoms with Crippen molar-refractivity contribution < 1.29 is 4.79 Å². The molecule has 1 aromatic heterocycles. The van der Waals surface area contributed by atoms with Crippen molar-refractivity contribution in [3.8, 4) is 0 Å². The minimum Gasteiger partial charge on any atom is -0.319 e. The van der Waals surface area contributed by atoms with Crippen molar-refractivity contribution in [1.29, 1.82) is 0 Å². The molecule has 0 bridgehead atoms. The number of amides is 1. The molecule has 1 heterocycles. The van der Waals surface area contributed by atoms with E-state index in [-0.39, 0.29) is 15.6 Å². The van der Waals surface area contributed by atoms with Gasteiger partial charge in [-0.2, -0.15) is 4.98 Å². The van der Waals surface area contributed by atoms with E-state index in [4.69, 9.17) is 23.2 Å². The fraction of sp³-hybridized carbons (Fsp3) is 0. The summed E-state index contributed by atoms with van der Waals surface area (Å²) in [5.41, 5.74) is 0.0198. The fourth-order valence-corrected chi connectivity index (χ4v) is 1.89. The maximum atomic E-state index is 11.9. The minimum absolute atomic E-state index is 0.173. The van der Waals surface area contributed by atoms with Crippen LogP contribution in [0.3, 0.4) is 0 Å². The molecule has 0 aliphatic heterocycles. The predicted molar refractivity (Wildman–Crippen MR) is 69.3 cm³/mol. The summed E-state index contributed by atoms with van der Waals surface area (Å²) in [6.45, 7) is 0. The van der Waals surface area contributed by atoms with E-state index in [9.17, 15) is 9.59 Å². The van der Waals surface area contributed by atoms with E-state index in [0.29, 0.717) is 5.69 Å². The number of carbonyl (C=O) groups is 1. The first-order valence-electron chi connectivity index (χ1n) is 4.88. The van der Waals surface area contributed by atoms with Crippen LogP contribution in [0.1, 0.15) is 10.4 Å². The summed E-state index contributed by atoms with van der Waals surface area (Å²) in [5.74, 6) is -0.473. The zero-order valence-electron chi connectivity index (χ0n) is 8.91. The molecule has 0 aliphatic carbocycles. The quantitative estimate of drug-likeness (QED) is 0.888. The van der Waals surface area contributed by atoms with Crippen molar-refractivity contribution in [3.63, 3.8) is 0 Å². The molecule has 0 unspecified atom stereocenters. The molecule has 18 heavy (non-hydrogen) atoms. The lowest BCUT2D eigenvalue weighted by Crippen LogP contribution is -2.16. The van der Waals surface area contributed by atoms with Crippen LogP contribution >= 0.6 is 23.2 Å². The van der Waals surface area contributed by atoms with E-state index in [1.807, 2.05) is 0 Å². The van der Waals surface area contributed by atoms with Gasteiger partial charge in [-0.15, -0.1) is 0 Å². The summed E-state index contributed by atoms with van der Waals surface area (Å²) in [6.07, 6.45) is 2.57. The lowest BCUT2D eigenvalue weighted by atomic mass is 10.2. The van der Waals surface area contributed by atoms with Gasteiger partial charge in [0.2, 0.25) is 0 Å². The molecule has 0 saturated carbocycles. The third-order valence-electron chi connectivity index (χ3n) is 2.12. The van der Waals surface area contributed by atoms with Gasteiger partial charge in [-0.1, -0.05) is 29.3 Å². The molecule has 5 nitrogen and oxygen atoms in total. The third-order valence-corrected chi connectivity index (χ3v) is 2.75. The third kappa shape index (κ3) is 2.69. The first kappa shape index (κ1) is 12.6. The Morgan fingerprint density at radius 3 is 2.50 bits per heavy atom. The highest BCUT2D eigenvalue weighted by Gasteiger charge is 2.14. The molecule has 7 heteroatoms. The number of halogens is 2. The summed E-state index contributed by atoms with van der Waals surface area (Å²) in [7, 11) is 0. The summed E-state index contributed by atoms with van der Waals surface area (Å²) in [6, 6.07) is 4.77. The molecule has 0 spiro atoms. The van der Waals surface area contributed by atoms with Crippen molar-refractivity contribution >= 4 is 34.8 Å². The van der Waals surface area contributed by atoms with Gasteiger partial charge in [-0.25, -0.2) is 4.79 Å². The molecular formula is C11H7Cl2N3O2. The van der Waals surface area contributed by atoms with Gasteiger partial charge >= 0.3 is 5.69 Å². The molecule has 0 atom stereocenters. The van der Waals surface area contributed by atoms with Gasteiger partial charge in [0, 0.05) is 6.20 Å². The first-order valence-corrected chi connectivity index (χ1v) is 5.63. The van der Waals surface area contributed by atoms with E-state index in [1.54, 1.807) is 18.2 Å². The molecule has 0 radical (unpaired) electrons. The normalized spacial score (nSPS) is 10.1. The van der Waals surface area contributed by atoms with Crippen LogP contribution in [0, 0.1) is 0 Å². The van der Waals surface area contributed by atoms with E-state index in [2.05, 4.69) is 15.3 Å². The van der Waals surface area contributed by atoms with Crippen molar-refractivity contribution in [3.05, 3.63) is 56.7 Å². The van der Waals surface area contributed by atoms with Crippen molar-refractivity contribution in [1.82, 2.24) is 9.97 Å². The number of hydrogen-bond donors (Lipinski definition) is 2. The van der Waals surface area contributed by atoms with Gasteiger partial charge in [0.05, 0.1) is 27.5 Å². The summed E-state index contributed by atoms with van der Waals surface area (Å²) >= 11 is 11.8. The van der Waals surface area contributed by atoms with Crippen LogP contribution < -0.4 is 11.0 Å². The zero-order chi connectivity index (χ0) is 13.1. The Hall–Kier alpha value is -1.85. The van der Waals surface area contributed by atoms with Crippen LogP contribution in [0.5, 0.6) is 0 Å². The highest BCUT2D eigenvalue weighted by Crippen LogP contribution is 2.24. The van der Waals surface area contributed by atoms with Crippen molar-refractivity contribution in [2.45, 2.75) is 0 Å². The van der Waals surface area contributed by atoms with Gasteiger partial charge in [-0.05, 0) is 12.1 Å². The average molecular weight is 284 g/mol. The molecule has 0 aliphatic rings. The van der Waals surface area contributed by atoms with E-state index >= 15 is 0 Å². The number of rotatable bonds is 2. The Morgan fingerprint density at radius 2 is 1.94 bits per heavy atom. The summed E-state index contributed by atoms with van der Waals surface area (Å²) < 4.78 is 0. The highest BCUT2D eigenvalue weighted by molar-refractivity contribution is 6.40. The van der Waals surface area contributed by atoms with Crippen LogP contribution in [0.15, 0.2) is 35.4 Å². The average Bonchev–Trinajstić information content (AvgIpc) is 2.32. The van der Waals surface area contributed by atoms with Gasteiger partial charge in [-0.3, -0.25) is 4.79 Å². The maximum Gasteiger partial charge on any atom is 0.345 e. The number of aromatic nitrogens is 2. The Balaban J connectivity index is 2.27. The number of anilines is 1. The van der Waals surface area contributed by atoms with Gasteiger partial charge in [0.1, 0.15) is 0 Å². The second kappa shape index (κ2) is 5.20. The van der Waals surface area contributed by atoms with Crippen LogP contribution in [-0.4, -0.2) is 15.9 Å². The number of nitrogens with zero attached hydrogens (tertiary/aromatic N) is 1. The maximum absolute atomic E-state index is 11.9. The summed E-state index contributed by atoms with van der Waals surface area (Å²) in [4.78, 5) is 28.5. The molecule has 1 aromatic carbocycles. The highest BCUT2D eigenvalue weighted by atomic mass is 35.5. The number of H-pyrrole nitrogens is 1. The number of hydrogen-bond acceptors (Lipinski definition) is 3. The smallest absolute Gasteiger partial charge is 0.319 e. The second-order valence-electron chi connectivity index (χ2n) is 3.36. The Bertz CT molecular complexity index is 614. The Labute approximate surface area is 112 Å². The van der Waals surface area contributed by atoms with Crippen LogP contribution in [0.25, 0.3) is 0 Å². The van der Waals surface area contributed by atoms with Gasteiger partial charge in [0.25, 0.3) is 5.91 Å². The molecule has 2 aromatic rings. The Morgan fingerprint density at radius 1 is 1.28 bits per heavy atom. The monoisotopic (exact) mass is 283 g/mol. The van der Waals surface area contributed by atoms with Crippen LogP contribution in [0.2, 0.25) is 10.0 Å². The number of benzene rings is 1. The van der Waals surface area contributed by atoms with Crippen LogP contribution in [0.4, 0.5) is 5.69 Å². The molecule has 92 valence electrons. The first-order chi connectivity index (χ1) is 8.58. The molecule has 1 amide bonds. The molecule has 2 rings (SSSR count). The lowest BCUT2D eigenvalue weighted by molar-refractivity contribution is 0.102. The SMILES string of the molecule is O=C(Nc1cnc(=O)[nH]c1)c1c(Cl)cccc1Cl. The molecule has 0 fully saturated rings. The largest absolute Gasteiger partial charge is 0.345 e. The topological polar surface area (TPSA) is 74.8 Å². The molecule has 2 N–H and O–H groups in total. The second-order valence-corrected chi connectivity index (χ2v) is 4.17. The van der Waals surface area contributed by atoms with Gasteiger partial charge < -0.3 is 10.3 Å². The standard InChI is InChI=1S/C11H7Cl2N3O2/c12-7-2-1-3-8(13)9(7)10(17)16-6-4-14-11(18)15-5-6/h1-5H,(H,16,17)(H,14,15,18). The predicted octanol–water partition coefficient (Wildman–Crippen LogP) is 2.33. The molecular weight excluding hydrogens is 277 g/mol.